The molecular weight excluding hydrogens is 387 g/mol. The summed E-state index contributed by atoms with van der Waals surface area (Å²) in [6.45, 7) is -1.26. The number of ether oxygens (including phenoxy) is 2. The summed E-state index contributed by atoms with van der Waals surface area (Å²) in [5.41, 5.74) is 3.00. The molecule has 6 nitrogen and oxygen atoms in total. The van der Waals surface area contributed by atoms with Gasteiger partial charge in [-0.05, 0) is 54.2 Å². The Morgan fingerprint density at radius 3 is 2.83 bits per heavy atom. The molecular formula is C20H22F3N3O3. The van der Waals surface area contributed by atoms with Crippen LogP contribution in [-0.2, 0) is 19.4 Å². The number of methoxy groups -OCH3 is 1. The van der Waals surface area contributed by atoms with Gasteiger partial charge in [-0.1, -0.05) is 6.07 Å². The SMILES string of the molecule is COc1ccc2c(c1)CC(NC(=O)NCc1ccnc(OCC(F)(F)F)c1)CC2. The summed E-state index contributed by atoms with van der Waals surface area (Å²) in [4.78, 5) is 16.0. The number of nitrogens with one attached hydrogen (secondary N) is 2. The normalized spacial score (nSPS) is 15.9. The summed E-state index contributed by atoms with van der Waals surface area (Å²) < 4.78 is 46.6. The zero-order chi connectivity index (χ0) is 20.9. The Hall–Kier alpha value is -2.97. The number of fused-ring (bicyclic) bond motifs is 1. The number of hydrogen-bond donors (Lipinski definition) is 2. The van der Waals surface area contributed by atoms with E-state index in [0.29, 0.717) is 12.0 Å². The predicted molar refractivity (Wildman–Crippen MR) is 100.0 cm³/mol. The molecule has 0 spiro atoms. The molecule has 29 heavy (non-hydrogen) atoms. The first-order valence-electron chi connectivity index (χ1n) is 9.17. The average Bonchev–Trinajstić information content (AvgIpc) is 2.70. The van der Waals surface area contributed by atoms with Crippen LogP contribution in [0.1, 0.15) is 23.1 Å². The first-order valence-corrected chi connectivity index (χ1v) is 9.17. The molecule has 1 aromatic carbocycles. The van der Waals surface area contributed by atoms with Crippen molar-refractivity contribution >= 4 is 6.03 Å². The van der Waals surface area contributed by atoms with Crippen LogP contribution in [0.4, 0.5) is 18.0 Å². The van der Waals surface area contributed by atoms with Crippen molar-refractivity contribution in [3.63, 3.8) is 0 Å². The molecule has 156 valence electrons. The van der Waals surface area contributed by atoms with Crippen LogP contribution in [0.5, 0.6) is 11.6 Å². The van der Waals surface area contributed by atoms with Crippen LogP contribution in [0.2, 0.25) is 0 Å². The number of alkyl halides is 3. The molecule has 1 heterocycles. The van der Waals surface area contributed by atoms with E-state index in [2.05, 4.69) is 20.4 Å². The molecule has 0 bridgehead atoms. The van der Waals surface area contributed by atoms with Crippen LogP contribution in [0.25, 0.3) is 0 Å². The molecule has 0 fully saturated rings. The summed E-state index contributed by atoms with van der Waals surface area (Å²) in [6.07, 6.45) is -0.679. The summed E-state index contributed by atoms with van der Waals surface area (Å²) in [6, 6.07) is 8.60. The molecule has 1 aliphatic carbocycles. The molecule has 0 radical (unpaired) electrons. The number of aromatic nitrogens is 1. The lowest BCUT2D eigenvalue weighted by Crippen LogP contribution is -2.44. The highest BCUT2D eigenvalue weighted by Gasteiger charge is 2.28. The fourth-order valence-electron chi connectivity index (χ4n) is 3.20. The first kappa shape index (κ1) is 20.8. The second-order valence-corrected chi connectivity index (χ2v) is 6.81. The molecule has 2 N–H and O–H groups in total. The van der Waals surface area contributed by atoms with Gasteiger partial charge in [-0.15, -0.1) is 0 Å². The van der Waals surface area contributed by atoms with E-state index in [1.165, 1.54) is 17.8 Å². The van der Waals surface area contributed by atoms with Gasteiger partial charge in [0.25, 0.3) is 0 Å². The van der Waals surface area contributed by atoms with Crippen molar-refractivity contribution in [1.29, 1.82) is 0 Å². The third-order valence-corrected chi connectivity index (χ3v) is 4.61. The third kappa shape index (κ3) is 6.27. The van der Waals surface area contributed by atoms with Gasteiger partial charge in [-0.3, -0.25) is 0 Å². The summed E-state index contributed by atoms with van der Waals surface area (Å²) in [5, 5.41) is 5.65. The van der Waals surface area contributed by atoms with Gasteiger partial charge in [0, 0.05) is 24.8 Å². The van der Waals surface area contributed by atoms with Crippen LogP contribution in [-0.4, -0.2) is 36.9 Å². The topological polar surface area (TPSA) is 72.5 Å². The Balaban J connectivity index is 1.49. The zero-order valence-corrected chi connectivity index (χ0v) is 15.9. The summed E-state index contributed by atoms with van der Waals surface area (Å²) in [7, 11) is 1.62. The molecule has 0 saturated heterocycles. The number of carbonyl (C=O) groups is 1. The molecule has 1 atom stereocenters. The van der Waals surface area contributed by atoms with Gasteiger partial charge in [-0.25, -0.2) is 9.78 Å². The van der Waals surface area contributed by atoms with E-state index in [1.807, 2.05) is 18.2 Å². The number of benzene rings is 1. The minimum Gasteiger partial charge on any atom is -0.497 e. The number of carbonyl (C=O) groups excluding carboxylic acids is 1. The van der Waals surface area contributed by atoms with Crippen molar-refractivity contribution in [1.82, 2.24) is 15.6 Å². The van der Waals surface area contributed by atoms with E-state index in [-0.39, 0.29) is 24.5 Å². The first-order chi connectivity index (χ1) is 13.8. The third-order valence-electron chi connectivity index (χ3n) is 4.61. The predicted octanol–water partition coefficient (Wildman–Crippen LogP) is 3.39. The van der Waals surface area contributed by atoms with E-state index in [4.69, 9.17) is 4.74 Å². The molecule has 1 unspecified atom stereocenters. The van der Waals surface area contributed by atoms with E-state index in [0.717, 1.165) is 24.2 Å². The highest BCUT2D eigenvalue weighted by Crippen LogP contribution is 2.25. The number of nitrogens with zero attached hydrogens (tertiary/aromatic N) is 1. The quantitative estimate of drug-likeness (QED) is 0.767. The Kier molecular flexibility index (Phi) is 6.46. The van der Waals surface area contributed by atoms with Crippen molar-refractivity contribution in [2.24, 2.45) is 0 Å². The summed E-state index contributed by atoms with van der Waals surface area (Å²) in [5.74, 6) is 0.648. The average molecular weight is 409 g/mol. The van der Waals surface area contributed by atoms with Gasteiger partial charge in [0.15, 0.2) is 6.61 Å². The molecule has 2 aromatic rings. The number of amides is 2. The molecule has 3 rings (SSSR count). The van der Waals surface area contributed by atoms with Crippen LogP contribution < -0.4 is 20.1 Å². The van der Waals surface area contributed by atoms with E-state index in [1.54, 1.807) is 13.2 Å². The molecule has 1 aliphatic rings. The lowest BCUT2D eigenvalue weighted by atomic mass is 9.88. The van der Waals surface area contributed by atoms with Gasteiger partial charge in [0.2, 0.25) is 5.88 Å². The fourth-order valence-corrected chi connectivity index (χ4v) is 3.20. The fraction of sp³-hybridized carbons (Fsp3) is 0.400. The Bertz CT molecular complexity index is 858. The Morgan fingerprint density at radius 2 is 2.07 bits per heavy atom. The number of urea groups is 1. The van der Waals surface area contributed by atoms with Crippen molar-refractivity contribution in [3.05, 3.63) is 53.2 Å². The van der Waals surface area contributed by atoms with Gasteiger partial charge >= 0.3 is 12.2 Å². The van der Waals surface area contributed by atoms with Crippen molar-refractivity contribution in [3.8, 4) is 11.6 Å². The number of hydrogen-bond acceptors (Lipinski definition) is 4. The molecule has 2 amide bonds. The molecule has 0 aliphatic heterocycles. The Labute approximate surface area is 166 Å². The van der Waals surface area contributed by atoms with E-state index in [9.17, 15) is 18.0 Å². The van der Waals surface area contributed by atoms with Gasteiger partial charge in [0.05, 0.1) is 7.11 Å². The minimum absolute atomic E-state index is 0.00211. The van der Waals surface area contributed by atoms with Crippen LogP contribution >= 0.6 is 0 Å². The van der Waals surface area contributed by atoms with Crippen LogP contribution in [0.3, 0.4) is 0 Å². The maximum atomic E-state index is 12.2. The number of pyridine rings is 1. The maximum absolute atomic E-state index is 12.2. The number of aryl methyl sites for hydroxylation is 1. The lowest BCUT2D eigenvalue weighted by molar-refractivity contribution is -0.154. The highest BCUT2D eigenvalue weighted by atomic mass is 19.4. The van der Waals surface area contributed by atoms with Crippen molar-refractivity contribution in [2.75, 3.05) is 13.7 Å². The van der Waals surface area contributed by atoms with Crippen LogP contribution in [0.15, 0.2) is 36.5 Å². The van der Waals surface area contributed by atoms with Crippen molar-refractivity contribution in [2.45, 2.75) is 38.0 Å². The van der Waals surface area contributed by atoms with Gasteiger partial charge < -0.3 is 20.1 Å². The monoisotopic (exact) mass is 409 g/mol. The number of rotatable bonds is 6. The standard InChI is InChI=1S/C20H22F3N3O3/c1-28-17-5-3-14-2-4-16(9-15(14)10-17)26-19(27)25-11-13-6-7-24-18(8-13)29-12-20(21,22)23/h3,5-8,10,16H,2,4,9,11-12H2,1H3,(H2,25,26,27). The highest BCUT2D eigenvalue weighted by molar-refractivity contribution is 5.74. The molecule has 1 aromatic heterocycles. The second kappa shape index (κ2) is 9.02. The molecule has 0 saturated carbocycles. The zero-order valence-electron chi connectivity index (χ0n) is 15.9. The van der Waals surface area contributed by atoms with E-state index < -0.39 is 12.8 Å². The second-order valence-electron chi connectivity index (χ2n) is 6.81. The summed E-state index contributed by atoms with van der Waals surface area (Å²) >= 11 is 0. The maximum Gasteiger partial charge on any atom is 0.422 e. The van der Waals surface area contributed by atoms with Crippen LogP contribution in [0, 0.1) is 0 Å². The smallest absolute Gasteiger partial charge is 0.422 e. The van der Waals surface area contributed by atoms with Gasteiger partial charge in [0.1, 0.15) is 5.75 Å². The van der Waals surface area contributed by atoms with E-state index >= 15 is 0 Å². The molecule has 9 heteroatoms. The minimum atomic E-state index is -4.43. The van der Waals surface area contributed by atoms with Gasteiger partial charge in [-0.2, -0.15) is 13.2 Å². The van der Waals surface area contributed by atoms with Crippen molar-refractivity contribution < 1.29 is 27.4 Å². The largest absolute Gasteiger partial charge is 0.497 e. The lowest BCUT2D eigenvalue weighted by Gasteiger charge is -2.26. The Morgan fingerprint density at radius 1 is 1.24 bits per heavy atom. The number of halogens is 3.